The van der Waals surface area contributed by atoms with Gasteiger partial charge in [0.1, 0.15) is 12.3 Å². The Hall–Kier alpha value is -3.46. The van der Waals surface area contributed by atoms with Crippen LogP contribution in [-0.4, -0.2) is 42.4 Å². The zero-order valence-corrected chi connectivity index (χ0v) is 18.0. The van der Waals surface area contributed by atoms with Gasteiger partial charge in [-0.3, -0.25) is 19.3 Å². The number of nitrogens with one attached hydrogen (secondary N) is 1. The predicted molar refractivity (Wildman–Crippen MR) is 116 cm³/mol. The van der Waals surface area contributed by atoms with Crippen LogP contribution in [0.5, 0.6) is 17.2 Å². The van der Waals surface area contributed by atoms with Gasteiger partial charge in [0.25, 0.3) is 11.1 Å². The summed E-state index contributed by atoms with van der Waals surface area (Å²) in [7, 11) is 1.50. The number of carbonyl (C=O) groups excluding carboxylic acids is 3. The molecular weight excluding hydrogens is 420 g/mol. The van der Waals surface area contributed by atoms with E-state index in [2.05, 4.69) is 5.32 Å². The number of imide groups is 1. The quantitative estimate of drug-likeness (QED) is 0.708. The van der Waals surface area contributed by atoms with E-state index >= 15 is 0 Å². The standard InChI is InChI=1S/C22H20N2O6S/c1-12-4-5-15(6-13(12)2)23-20(25)10-24-21(26)19(31-22(24)27)8-14-7-17-18(30-11-29-17)9-16(14)28-3/h4-9H,10-11H2,1-3H3,(H,23,25)/b19-8+. The molecule has 2 heterocycles. The number of hydrogen-bond acceptors (Lipinski definition) is 7. The van der Waals surface area contributed by atoms with Gasteiger partial charge < -0.3 is 19.5 Å². The van der Waals surface area contributed by atoms with Crippen LogP contribution in [0.25, 0.3) is 6.08 Å². The number of ether oxygens (including phenoxy) is 3. The van der Waals surface area contributed by atoms with Crippen molar-refractivity contribution in [2.24, 2.45) is 0 Å². The predicted octanol–water partition coefficient (Wildman–Crippen LogP) is 3.72. The molecule has 0 aliphatic carbocycles. The zero-order chi connectivity index (χ0) is 22.1. The van der Waals surface area contributed by atoms with Gasteiger partial charge in [-0.1, -0.05) is 6.07 Å². The van der Waals surface area contributed by atoms with E-state index in [0.29, 0.717) is 28.5 Å². The molecule has 2 aromatic carbocycles. The highest BCUT2D eigenvalue weighted by Gasteiger charge is 2.36. The molecule has 0 aromatic heterocycles. The zero-order valence-electron chi connectivity index (χ0n) is 17.2. The number of thioether (sulfide) groups is 1. The number of rotatable bonds is 5. The normalized spacial score (nSPS) is 16.2. The lowest BCUT2D eigenvalue weighted by atomic mass is 10.1. The first-order chi connectivity index (χ1) is 14.9. The Balaban J connectivity index is 1.50. The molecule has 160 valence electrons. The molecule has 31 heavy (non-hydrogen) atoms. The van der Waals surface area contributed by atoms with Crippen molar-refractivity contribution in [3.63, 3.8) is 0 Å². The third kappa shape index (κ3) is 4.22. The van der Waals surface area contributed by atoms with E-state index in [0.717, 1.165) is 27.8 Å². The Kier molecular flexibility index (Phi) is 5.60. The third-order valence-electron chi connectivity index (χ3n) is 4.98. The highest BCUT2D eigenvalue weighted by atomic mass is 32.2. The van der Waals surface area contributed by atoms with Gasteiger partial charge in [0.2, 0.25) is 12.7 Å². The van der Waals surface area contributed by atoms with E-state index in [9.17, 15) is 14.4 Å². The van der Waals surface area contributed by atoms with Crippen molar-refractivity contribution in [2.45, 2.75) is 13.8 Å². The molecule has 1 fully saturated rings. The van der Waals surface area contributed by atoms with E-state index < -0.39 is 17.1 Å². The van der Waals surface area contributed by atoms with Crippen LogP contribution in [-0.2, 0) is 9.59 Å². The molecule has 0 bridgehead atoms. The second kappa shape index (κ2) is 8.35. The number of nitrogens with zero attached hydrogens (tertiary/aromatic N) is 1. The minimum atomic E-state index is -0.537. The number of amides is 3. The fourth-order valence-electron chi connectivity index (χ4n) is 3.17. The topological polar surface area (TPSA) is 94.2 Å². The van der Waals surface area contributed by atoms with Crippen molar-refractivity contribution >= 4 is 40.6 Å². The third-order valence-corrected chi connectivity index (χ3v) is 5.88. The number of fused-ring (bicyclic) bond motifs is 1. The van der Waals surface area contributed by atoms with Gasteiger partial charge in [-0.15, -0.1) is 0 Å². The number of hydrogen-bond donors (Lipinski definition) is 1. The summed E-state index contributed by atoms with van der Waals surface area (Å²) in [6.45, 7) is 3.65. The van der Waals surface area contributed by atoms with Crippen LogP contribution >= 0.6 is 11.8 Å². The van der Waals surface area contributed by atoms with Crippen LogP contribution < -0.4 is 19.5 Å². The highest BCUT2D eigenvalue weighted by Crippen LogP contribution is 2.40. The largest absolute Gasteiger partial charge is 0.496 e. The molecule has 1 saturated heterocycles. The molecule has 2 aliphatic heterocycles. The molecule has 0 atom stereocenters. The van der Waals surface area contributed by atoms with Crippen molar-refractivity contribution in [1.29, 1.82) is 0 Å². The summed E-state index contributed by atoms with van der Waals surface area (Å²) in [5, 5.41) is 2.22. The summed E-state index contributed by atoms with van der Waals surface area (Å²) in [6, 6.07) is 8.86. The molecule has 8 nitrogen and oxygen atoms in total. The Morgan fingerprint density at radius 3 is 2.61 bits per heavy atom. The van der Waals surface area contributed by atoms with Crippen molar-refractivity contribution < 1.29 is 28.6 Å². The van der Waals surface area contributed by atoms with Gasteiger partial charge in [-0.2, -0.15) is 0 Å². The number of carbonyl (C=O) groups is 3. The smallest absolute Gasteiger partial charge is 0.294 e. The Morgan fingerprint density at radius 2 is 1.90 bits per heavy atom. The number of aryl methyl sites for hydroxylation is 2. The van der Waals surface area contributed by atoms with Crippen molar-refractivity contribution in [2.75, 3.05) is 25.8 Å². The molecular formula is C22H20N2O6S. The minimum Gasteiger partial charge on any atom is -0.496 e. The number of methoxy groups -OCH3 is 1. The first-order valence-corrected chi connectivity index (χ1v) is 10.3. The first kappa shape index (κ1) is 20.8. The summed E-state index contributed by atoms with van der Waals surface area (Å²) < 4.78 is 16.0. The Morgan fingerprint density at radius 1 is 1.16 bits per heavy atom. The van der Waals surface area contributed by atoms with Crippen LogP contribution in [0.15, 0.2) is 35.2 Å². The lowest BCUT2D eigenvalue weighted by molar-refractivity contribution is -0.127. The fraction of sp³-hybridized carbons (Fsp3) is 0.227. The van der Waals surface area contributed by atoms with E-state index in [1.807, 2.05) is 26.0 Å². The molecule has 9 heteroatoms. The van der Waals surface area contributed by atoms with Gasteiger partial charge in [0.05, 0.1) is 12.0 Å². The van der Waals surface area contributed by atoms with Gasteiger partial charge in [0, 0.05) is 17.3 Å². The Bertz CT molecular complexity index is 1130. The molecule has 1 N–H and O–H groups in total. The Labute approximate surface area is 183 Å². The summed E-state index contributed by atoms with van der Waals surface area (Å²) >= 11 is 0.773. The molecule has 0 radical (unpaired) electrons. The summed E-state index contributed by atoms with van der Waals surface area (Å²) in [4.78, 5) is 38.7. The summed E-state index contributed by atoms with van der Waals surface area (Å²) in [5.74, 6) is 0.560. The second-order valence-corrected chi connectivity index (χ2v) is 8.06. The van der Waals surface area contributed by atoms with Crippen LogP contribution in [0.1, 0.15) is 16.7 Å². The lowest BCUT2D eigenvalue weighted by Gasteiger charge is -2.13. The fourth-order valence-corrected chi connectivity index (χ4v) is 4.00. The molecule has 0 spiro atoms. The average Bonchev–Trinajstić information content (AvgIpc) is 3.29. The minimum absolute atomic E-state index is 0.105. The van der Waals surface area contributed by atoms with E-state index in [1.165, 1.54) is 7.11 Å². The molecule has 2 aromatic rings. The summed E-state index contributed by atoms with van der Waals surface area (Å²) in [5.41, 5.74) is 3.31. The molecule has 3 amide bonds. The molecule has 2 aliphatic rings. The summed E-state index contributed by atoms with van der Waals surface area (Å²) in [6.07, 6.45) is 1.55. The highest BCUT2D eigenvalue weighted by molar-refractivity contribution is 8.18. The molecule has 0 saturated carbocycles. The first-order valence-electron chi connectivity index (χ1n) is 9.46. The van der Waals surface area contributed by atoms with Crippen molar-refractivity contribution in [3.05, 3.63) is 51.9 Å². The van der Waals surface area contributed by atoms with Crippen LogP contribution in [0.2, 0.25) is 0 Å². The van der Waals surface area contributed by atoms with E-state index in [4.69, 9.17) is 14.2 Å². The maximum atomic E-state index is 12.8. The van der Waals surface area contributed by atoms with Crippen LogP contribution in [0, 0.1) is 13.8 Å². The van der Waals surface area contributed by atoms with Gasteiger partial charge in [0.15, 0.2) is 11.5 Å². The van der Waals surface area contributed by atoms with Crippen molar-refractivity contribution in [1.82, 2.24) is 4.90 Å². The van der Waals surface area contributed by atoms with Crippen LogP contribution in [0.4, 0.5) is 10.5 Å². The van der Waals surface area contributed by atoms with E-state index in [-0.39, 0.29) is 18.2 Å². The monoisotopic (exact) mass is 440 g/mol. The number of benzene rings is 2. The SMILES string of the molecule is COc1cc2c(cc1/C=C1/SC(=O)N(CC(=O)Nc3ccc(C)c(C)c3)C1=O)OCO2. The maximum absolute atomic E-state index is 12.8. The van der Waals surface area contributed by atoms with Crippen LogP contribution in [0.3, 0.4) is 0 Å². The molecule has 4 rings (SSSR count). The molecule has 0 unspecified atom stereocenters. The van der Waals surface area contributed by atoms with E-state index in [1.54, 1.807) is 24.3 Å². The maximum Gasteiger partial charge on any atom is 0.294 e. The lowest BCUT2D eigenvalue weighted by Crippen LogP contribution is -2.36. The number of anilines is 1. The average molecular weight is 440 g/mol. The van der Waals surface area contributed by atoms with Crippen molar-refractivity contribution in [3.8, 4) is 17.2 Å². The van der Waals surface area contributed by atoms with Gasteiger partial charge in [-0.05, 0) is 61.0 Å². The van der Waals surface area contributed by atoms with Gasteiger partial charge >= 0.3 is 0 Å². The second-order valence-electron chi connectivity index (χ2n) is 7.06. The van der Waals surface area contributed by atoms with Gasteiger partial charge in [-0.25, -0.2) is 0 Å².